The van der Waals surface area contributed by atoms with Gasteiger partial charge in [-0.2, -0.15) is 0 Å². The van der Waals surface area contributed by atoms with Gasteiger partial charge in [0.2, 0.25) is 0 Å². The third-order valence-corrected chi connectivity index (χ3v) is 5.14. The zero-order valence-electron chi connectivity index (χ0n) is 15.1. The van der Waals surface area contributed by atoms with Crippen molar-refractivity contribution in [2.75, 3.05) is 0 Å². The smallest absolute Gasteiger partial charge is 0.336 e. The van der Waals surface area contributed by atoms with E-state index in [1.54, 1.807) is 36.4 Å². The summed E-state index contributed by atoms with van der Waals surface area (Å²) in [5, 5.41) is 11.1. The van der Waals surface area contributed by atoms with Crippen molar-refractivity contribution in [2.45, 2.75) is 6.54 Å². The summed E-state index contributed by atoms with van der Waals surface area (Å²) in [5.74, 6) is -1.85. The highest BCUT2D eigenvalue weighted by molar-refractivity contribution is 6.21. The molecule has 4 aromatic rings. The fourth-order valence-electron chi connectivity index (χ4n) is 3.77. The molecule has 0 atom stereocenters. The van der Waals surface area contributed by atoms with E-state index in [4.69, 9.17) is 0 Å². The van der Waals surface area contributed by atoms with E-state index in [9.17, 15) is 19.5 Å². The number of imide groups is 1. The van der Waals surface area contributed by atoms with Crippen molar-refractivity contribution in [2.24, 2.45) is 0 Å². The number of hydrogen-bond acceptors (Lipinski definition) is 4. The number of fused-ring (bicyclic) bond motifs is 3. The van der Waals surface area contributed by atoms with Gasteiger partial charge in [-0.05, 0) is 42.0 Å². The van der Waals surface area contributed by atoms with E-state index in [-0.39, 0.29) is 23.9 Å². The molecule has 6 nitrogen and oxygen atoms in total. The van der Waals surface area contributed by atoms with E-state index < -0.39 is 5.97 Å². The van der Waals surface area contributed by atoms with Gasteiger partial charge in [-0.3, -0.25) is 14.5 Å². The molecule has 6 heteroatoms. The van der Waals surface area contributed by atoms with Gasteiger partial charge < -0.3 is 5.11 Å². The quantitative estimate of drug-likeness (QED) is 0.429. The summed E-state index contributed by atoms with van der Waals surface area (Å²) in [7, 11) is 0. The molecule has 0 radical (unpaired) electrons. The molecule has 2 heterocycles. The van der Waals surface area contributed by atoms with Crippen molar-refractivity contribution in [1.82, 2.24) is 9.88 Å². The molecule has 29 heavy (non-hydrogen) atoms. The van der Waals surface area contributed by atoms with E-state index in [0.717, 1.165) is 15.8 Å². The van der Waals surface area contributed by atoms with E-state index in [0.29, 0.717) is 27.6 Å². The van der Waals surface area contributed by atoms with Crippen molar-refractivity contribution < 1.29 is 19.5 Å². The molecule has 0 fully saturated rings. The fourth-order valence-corrected chi connectivity index (χ4v) is 3.77. The highest BCUT2D eigenvalue weighted by Crippen LogP contribution is 2.28. The Morgan fingerprint density at radius 2 is 1.52 bits per heavy atom. The van der Waals surface area contributed by atoms with Crippen molar-refractivity contribution in [1.29, 1.82) is 0 Å². The Morgan fingerprint density at radius 1 is 0.862 bits per heavy atom. The summed E-state index contributed by atoms with van der Waals surface area (Å²) in [5.41, 5.74) is 2.60. The van der Waals surface area contributed by atoms with Crippen LogP contribution in [0.15, 0.2) is 66.7 Å². The van der Waals surface area contributed by atoms with Crippen molar-refractivity contribution in [3.8, 4) is 0 Å². The van der Waals surface area contributed by atoms with Gasteiger partial charge >= 0.3 is 5.97 Å². The van der Waals surface area contributed by atoms with Crippen LogP contribution in [0.4, 0.5) is 0 Å². The largest absolute Gasteiger partial charge is 0.478 e. The molecule has 140 valence electrons. The second-order valence-electron chi connectivity index (χ2n) is 6.94. The minimum absolute atomic E-state index is 0.0168. The Bertz CT molecular complexity index is 1320. The van der Waals surface area contributed by atoms with Gasteiger partial charge in [0.05, 0.1) is 34.3 Å². The first-order valence-corrected chi connectivity index (χ1v) is 9.04. The Balaban J connectivity index is 1.62. The first-order chi connectivity index (χ1) is 14.0. The summed E-state index contributed by atoms with van der Waals surface area (Å²) < 4.78 is 0. The summed E-state index contributed by atoms with van der Waals surface area (Å²) >= 11 is 0. The lowest BCUT2D eigenvalue weighted by atomic mass is 10.0. The van der Waals surface area contributed by atoms with Gasteiger partial charge in [0.15, 0.2) is 0 Å². The number of carboxylic acids is 1. The van der Waals surface area contributed by atoms with Crippen LogP contribution in [0.5, 0.6) is 0 Å². The summed E-state index contributed by atoms with van der Waals surface area (Å²) in [4.78, 5) is 42.9. The monoisotopic (exact) mass is 382 g/mol. The maximum Gasteiger partial charge on any atom is 0.336 e. The second kappa shape index (κ2) is 6.24. The maximum atomic E-state index is 12.6. The third-order valence-electron chi connectivity index (χ3n) is 5.14. The topological polar surface area (TPSA) is 87.6 Å². The molecule has 0 aliphatic carbocycles. The van der Waals surface area contributed by atoms with Crippen LogP contribution >= 0.6 is 0 Å². The highest BCUT2D eigenvalue weighted by atomic mass is 16.4. The van der Waals surface area contributed by atoms with Crippen molar-refractivity contribution in [3.63, 3.8) is 0 Å². The highest BCUT2D eigenvalue weighted by Gasteiger charge is 2.35. The molecule has 1 aliphatic rings. The minimum atomic E-state index is -1.09. The average molecular weight is 382 g/mol. The van der Waals surface area contributed by atoms with Crippen molar-refractivity contribution in [3.05, 3.63) is 89.0 Å². The lowest BCUT2D eigenvalue weighted by Crippen LogP contribution is -2.29. The molecular formula is C23H14N2O4. The summed E-state index contributed by atoms with van der Waals surface area (Å²) in [6.07, 6.45) is 0. The molecule has 0 saturated carbocycles. The van der Waals surface area contributed by atoms with E-state index >= 15 is 0 Å². The van der Waals surface area contributed by atoms with Crippen LogP contribution in [0, 0.1) is 0 Å². The molecule has 1 N–H and O–H groups in total. The van der Waals surface area contributed by atoms with E-state index in [1.807, 2.05) is 24.3 Å². The number of nitrogens with zero attached hydrogens (tertiary/aromatic N) is 2. The molecule has 1 aliphatic heterocycles. The maximum absolute atomic E-state index is 12.6. The first-order valence-electron chi connectivity index (χ1n) is 9.04. The van der Waals surface area contributed by atoms with Gasteiger partial charge in [-0.25, -0.2) is 9.78 Å². The molecule has 0 unspecified atom stereocenters. The van der Waals surface area contributed by atoms with Gasteiger partial charge in [-0.15, -0.1) is 0 Å². The lowest BCUT2D eigenvalue weighted by Gasteiger charge is -2.15. The number of para-hydroxylation sites is 1. The molecule has 0 saturated heterocycles. The number of amides is 2. The molecule has 0 spiro atoms. The zero-order valence-corrected chi connectivity index (χ0v) is 15.1. The molecule has 2 amide bonds. The molecule has 3 aromatic carbocycles. The molecular weight excluding hydrogens is 368 g/mol. The number of carboxylic acid groups (broad SMARTS) is 1. The number of carbonyl (C=O) groups excluding carboxylic acids is 2. The minimum Gasteiger partial charge on any atom is -0.478 e. The third kappa shape index (κ3) is 2.65. The zero-order chi connectivity index (χ0) is 20.1. The Morgan fingerprint density at radius 3 is 2.21 bits per heavy atom. The van der Waals surface area contributed by atoms with Crippen LogP contribution in [0.3, 0.4) is 0 Å². The molecule has 0 bridgehead atoms. The van der Waals surface area contributed by atoms with Crippen LogP contribution in [0.1, 0.15) is 36.6 Å². The van der Waals surface area contributed by atoms with Crippen LogP contribution in [-0.4, -0.2) is 32.8 Å². The first kappa shape index (κ1) is 17.1. The Labute approximate surface area is 165 Å². The summed E-state index contributed by atoms with van der Waals surface area (Å²) in [6.45, 7) is -0.0168. The summed E-state index contributed by atoms with van der Waals surface area (Å²) in [6, 6.07) is 19.1. The number of pyridine rings is 1. The second-order valence-corrected chi connectivity index (χ2v) is 6.94. The lowest BCUT2D eigenvalue weighted by molar-refractivity contribution is 0.0641. The standard InChI is InChI=1S/C23H14N2O4/c26-21-15-6-2-3-7-16(15)22(27)25(21)12-13-9-18(23(28)29)17-11-14-5-1-4-8-19(14)24-20(17)10-13/h1-11H,12H2,(H,28,29). The average Bonchev–Trinajstić information content (AvgIpc) is 2.97. The number of benzene rings is 3. The predicted molar refractivity (Wildman–Crippen MR) is 107 cm³/mol. The van der Waals surface area contributed by atoms with Gasteiger partial charge in [0.1, 0.15) is 0 Å². The number of hydrogen-bond donors (Lipinski definition) is 1. The fraction of sp³-hybridized carbons (Fsp3) is 0.0435. The van der Waals surface area contributed by atoms with Crippen LogP contribution in [0.25, 0.3) is 21.8 Å². The number of aromatic nitrogens is 1. The normalized spacial score (nSPS) is 13.3. The Kier molecular flexibility index (Phi) is 3.67. The van der Waals surface area contributed by atoms with Gasteiger partial charge in [0.25, 0.3) is 11.8 Å². The van der Waals surface area contributed by atoms with Gasteiger partial charge in [0, 0.05) is 10.8 Å². The molecule has 1 aromatic heterocycles. The van der Waals surface area contributed by atoms with Crippen LogP contribution < -0.4 is 0 Å². The molecule has 5 rings (SSSR count). The number of aromatic carboxylic acids is 1. The van der Waals surface area contributed by atoms with E-state index in [1.165, 1.54) is 6.07 Å². The van der Waals surface area contributed by atoms with Crippen molar-refractivity contribution >= 4 is 39.6 Å². The predicted octanol–water partition coefficient (Wildman–Crippen LogP) is 3.88. The van der Waals surface area contributed by atoms with Gasteiger partial charge in [-0.1, -0.05) is 30.3 Å². The number of carbonyl (C=O) groups is 3. The van der Waals surface area contributed by atoms with Crippen LogP contribution in [-0.2, 0) is 6.54 Å². The van der Waals surface area contributed by atoms with Crippen LogP contribution in [0.2, 0.25) is 0 Å². The van der Waals surface area contributed by atoms with E-state index in [2.05, 4.69) is 4.98 Å². The SMILES string of the molecule is O=C(O)c1cc(CN2C(=O)c3ccccc3C2=O)cc2nc3ccccc3cc12. The number of rotatable bonds is 3. The Hall–Kier alpha value is -4.06.